The molecule has 1 saturated carbocycles. The van der Waals surface area contributed by atoms with Crippen molar-refractivity contribution < 1.29 is 0 Å². The van der Waals surface area contributed by atoms with E-state index in [0.29, 0.717) is 5.92 Å². The predicted octanol–water partition coefficient (Wildman–Crippen LogP) is 2.97. The first kappa shape index (κ1) is 11.0. The third-order valence-corrected chi connectivity index (χ3v) is 2.78. The lowest BCUT2D eigenvalue weighted by Gasteiger charge is -2.31. The summed E-state index contributed by atoms with van der Waals surface area (Å²) in [7, 11) is 0. The molecule has 0 aromatic carbocycles. The summed E-state index contributed by atoms with van der Waals surface area (Å²) < 4.78 is 0. The van der Waals surface area contributed by atoms with Crippen LogP contribution in [0.5, 0.6) is 0 Å². The molecule has 2 N–H and O–H groups in total. The van der Waals surface area contributed by atoms with Crippen LogP contribution in [0.1, 0.15) is 19.3 Å². The Hall–Kier alpha value is -1.08. The van der Waals surface area contributed by atoms with Gasteiger partial charge in [0.25, 0.3) is 0 Å². The molecule has 76 valence electrons. The van der Waals surface area contributed by atoms with E-state index in [1.807, 2.05) is 18.2 Å². The zero-order chi connectivity index (χ0) is 10.4. The molecule has 0 heterocycles. The third kappa shape index (κ3) is 2.71. The zero-order valence-electron chi connectivity index (χ0n) is 8.65. The fourth-order valence-corrected chi connectivity index (χ4v) is 1.66. The Bertz CT molecular complexity index is 256. The highest BCUT2D eigenvalue weighted by molar-refractivity contribution is 5.30. The van der Waals surface area contributed by atoms with Crippen LogP contribution in [0, 0.1) is 5.92 Å². The van der Waals surface area contributed by atoms with Crippen LogP contribution in [0.25, 0.3) is 0 Å². The normalized spacial score (nSPS) is 20.5. The molecule has 0 aromatic heterocycles. The van der Waals surface area contributed by atoms with Gasteiger partial charge in [-0.15, -0.1) is 0 Å². The van der Waals surface area contributed by atoms with Gasteiger partial charge in [0.15, 0.2) is 0 Å². The molecule has 0 aliphatic heterocycles. The molecule has 1 atom stereocenters. The van der Waals surface area contributed by atoms with Crippen LogP contribution in [-0.2, 0) is 0 Å². The molecule has 0 amide bonds. The molecule has 1 fully saturated rings. The van der Waals surface area contributed by atoms with Crippen LogP contribution in [0.3, 0.4) is 0 Å². The summed E-state index contributed by atoms with van der Waals surface area (Å²) in [6.45, 7) is 7.35. The average molecular weight is 189 g/mol. The summed E-state index contributed by atoms with van der Waals surface area (Å²) in [5.41, 5.74) is 7.31. The second kappa shape index (κ2) is 5.61. The summed E-state index contributed by atoms with van der Waals surface area (Å²) in [5, 5.41) is 0. The maximum atomic E-state index is 6.15. The van der Waals surface area contributed by atoms with Gasteiger partial charge in [-0.2, -0.15) is 0 Å². The highest BCUT2D eigenvalue weighted by Gasteiger charge is 2.25. The molecule has 1 unspecified atom stereocenters. The Morgan fingerprint density at radius 3 is 2.43 bits per heavy atom. The van der Waals surface area contributed by atoms with Crippen molar-refractivity contribution in [3.8, 4) is 0 Å². The quantitative estimate of drug-likeness (QED) is 0.661. The van der Waals surface area contributed by atoms with Gasteiger partial charge in [0, 0.05) is 6.04 Å². The van der Waals surface area contributed by atoms with Gasteiger partial charge in [0.05, 0.1) is 0 Å². The maximum Gasteiger partial charge on any atom is 0.0323 e. The summed E-state index contributed by atoms with van der Waals surface area (Å²) in [5.74, 6) is 0.663. The Balaban J connectivity index is 2.65. The fourth-order valence-electron chi connectivity index (χ4n) is 1.66. The lowest BCUT2D eigenvalue weighted by molar-refractivity contribution is 0.284. The number of allylic oxidation sites excluding steroid dienone is 4. The first-order valence-electron chi connectivity index (χ1n) is 5.17. The molecule has 0 saturated heterocycles. The van der Waals surface area contributed by atoms with Crippen molar-refractivity contribution in [2.24, 2.45) is 11.7 Å². The smallest absolute Gasteiger partial charge is 0.0323 e. The Labute approximate surface area is 86.7 Å². The molecule has 0 spiro atoms. The highest BCUT2D eigenvalue weighted by atomic mass is 14.7. The van der Waals surface area contributed by atoms with Crippen LogP contribution < -0.4 is 5.73 Å². The number of rotatable bonds is 5. The molecule has 1 aliphatic rings. The molecule has 1 aliphatic carbocycles. The van der Waals surface area contributed by atoms with Crippen LogP contribution in [0.4, 0.5) is 0 Å². The second-order valence-electron chi connectivity index (χ2n) is 3.71. The predicted molar refractivity (Wildman–Crippen MR) is 62.9 cm³/mol. The van der Waals surface area contributed by atoms with E-state index in [4.69, 9.17) is 5.73 Å². The van der Waals surface area contributed by atoms with E-state index in [0.717, 1.165) is 5.57 Å². The Kier molecular flexibility index (Phi) is 4.41. The minimum absolute atomic E-state index is 0.165. The van der Waals surface area contributed by atoms with Gasteiger partial charge in [-0.1, -0.05) is 50.0 Å². The Morgan fingerprint density at radius 1 is 1.29 bits per heavy atom. The number of nitrogens with two attached hydrogens (primary N) is 1. The van der Waals surface area contributed by atoms with Crippen molar-refractivity contribution in [3.05, 3.63) is 49.1 Å². The monoisotopic (exact) mass is 189 g/mol. The molecule has 0 aromatic rings. The molecule has 1 nitrogen and oxygen atoms in total. The molecule has 1 heteroatoms. The highest BCUT2D eigenvalue weighted by Crippen LogP contribution is 2.31. The molecule has 0 bridgehead atoms. The fraction of sp³-hybridized carbons (Fsp3) is 0.385. The largest absolute Gasteiger partial charge is 0.324 e. The van der Waals surface area contributed by atoms with Gasteiger partial charge in [-0.3, -0.25) is 0 Å². The number of hydrogen-bond donors (Lipinski definition) is 1. The lowest BCUT2D eigenvalue weighted by atomic mass is 9.77. The summed E-state index contributed by atoms with van der Waals surface area (Å²) in [6, 6.07) is 0.165. The minimum Gasteiger partial charge on any atom is -0.324 e. The van der Waals surface area contributed by atoms with E-state index in [-0.39, 0.29) is 6.04 Å². The van der Waals surface area contributed by atoms with E-state index in [9.17, 15) is 0 Å². The number of hydrogen-bond acceptors (Lipinski definition) is 1. The van der Waals surface area contributed by atoms with Crippen molar-refractivity contribution >= 4 is 0 Å². The van der Waals surface area contributed by atoms with Crippen LogP contribution in [-0.4, -0.2) is 6.04 Å². The van der Waals surface area contributed by atoms with E-state index in [2.05, 4.69) is 13.2 Å². The van der Waals surface area contributed by atoms with Crippen molar-refractivity contribution in [3.63, 3.8) is 0 Å². The molecule has 1 rings (SSSR count). The van der Waals surface area contributed by atoms with E-state index in [1.165, 1.54) is 19.3 Å². The third-order valence-electron chi connectivity index (χ3n) is 2.78. The summed E-state index contributed by atoms with van der Waals surface area (Å²) >= 11 is 0. The van der Waals surface area contributed by atoms with Crippen LogP contribution >= 0.6 is 0 Å². The second-order valence-corrected chi connectivity index (χ2v) is 3.71. The zero-order valence-corrected chi connectivity index (χ0v) is 8.65. The van der Waals surface area contributed by atoms with Gasteiger partial charge in [0.1, 0.15) is 0 Å². The minimum atomic E-state index is 0.165. The van der Waals surface area contributed by atoms with E-state index < -0.39 is 0 Å². The van der Waals surface area contributed by atoms with Gasteiger partial charge in [-0.25, -0.2) is 0 Å². The van der Waals surface area contributed by atoms with Gasteiger partial charge in [0.2, 0.25) is 0 Å². The van der Waals surface area contributed by atoms with Crippen LogP contribution in [0.2, 0.25) is 0 Å². The van der Waals surface area contributed by atoms with Gasteiger partial charge < -0.3 is 5.73 Å². The van der Waals surface area contributed by atoms with E-state index in [1.54, 1.807) is 12.2 Å². The SMILES string of the molecule is C=C/C=C\C(=C/C=C)C(N)C1CCC1. The summed E-state index contributed by atoms with van der Waals surface area (Å²) in [4.78, 5) is 0. The molecule has 0 radical (unpaired) electrons. The first-order chi connectivity index (χ1) is 6.79. The maximum absolute atomic E-state index is 6.15. The van der Waals surface area contributed by atoms with Gasteiger partial charge in [-0.05, 0) is 24.3 Å². The first-order valence-corrected chi connectivity index (χ1v) is 5.17. The van der Waals surface area contributed by atoms with Gasteiger partial charge >= 0.3 is 0 Å². The van der Waals surface area contributed by atoms with E-state index >= 15 is 0 Å². The van der Waals surface area contributed by atoms with Crippen molar-refractivity contribution in [2.45, 2.75) is 25.3 Å². The summed E-state index contributed by atoms with van der Waals surface area (Å²) in [6.07, 6.45) is 13.3. The average Bonchev–Trinajstić information content (AvgIpc) is 2.09. The molecule has 14 heavy (non-hydrogen) atoms. The molecular weight excluding hydrogens is 170 g/mol. The van der Waals surface area contributed by atoms with Crippen molar-refractivity contribution in [1.82, 2.24) is 0 Å². The molecular formula is C13H19N. The lowest BCUT2D eigenvalue weighted by Crippen LogP contribution is -2.35. The Morgan fingerprint density at radius 2 is 2.00 bits per heavy atom. The standard InChI is InChI=1S/C13H19N/c1-3-5-8-11(7-4-2)13(14)12-9-6-10-12/h3-5,7-8,12-13H,1-2,6,9-10,14H2/b8-5-,11-7+. The van der Waals surface area contributed by atoms with Crippen molar-refractivity contribution in [1.29, 1.82) is 0 Å². The van der Waals surface area contributed by atoms with Crippen molar-refractivity contribution in [2.75, 3.05) is 0 Å². The topological polar surface area (TPSA) is 26.0 Å². The van der Waals surface area contributed by atoms with Crippen LogP contribution in [0.15, 0.2) is 49.1 Å².